The van der Waals surface area contributed by atoms with Gasteiger partial charge < -0.3 is 9.30 Å². The van der Waals surface area contributed by atoms with Gasteiger partial charge >= 0.3 is 0 Å². The molecular weight excluding hydrogens is 302 g/mol. The fourth-order valence-electron chi connectivity index (χ4n) is 3.42. The summed E-state index contributed by atoms with van der Waals surface area (Å²) in [5.74, 6) is 0.700. The van der Waals surface area contributed by atoms with Crippen LogP contribution in [0.4, 0.5) is 0 Å². The second-order valence-corrected chi connectivity index (χ2v) is 5.90. The molecule has 0 amide bonds. The van der Waals surface area contributed by atoms with Crippen LogP contribution < -0.4 is 4.74 Å². The Hall–Kier alpha value is -2.69. The Balaban J connectivity index is 2.33. The number of ether oxygens (including phenoxy) is 1. The van der Waals surface area contributed by atoms with Gasteiger partial charge in [-0.25, -0.2) is 0 Å². The molecule has 0 radical (unpaired) electrons. The number of nitrogens with zero attached hydrogens (tertiary/aromatic N) is 3. The summed E-state index contributed by atoms with van der Waals surface area (Å²) < 4.78 is 7.61. The lowest BCUT2D eigenvalue weighted by atomic mass is 10.1. The molecule has 3 aromatic rings. The highest BCUT2D eigenvalue weighted by Crippen LogP contribution is 2.33. The number of fused-ring (bicyclic) bond motifs is 1. The number of hydrogen-bond donors (Lipinski definition) is 0. The molecule has 0 saturated carbocycles. The predicted molar refractivity (Wildman–Crippen MR) is 94.4 cm³/mol. The number of hydrogen-bond acceptors (Lipinski definition) is 4. The molecule has 2 heterocycles. The third-order valence-corrected chi connectivity index (χ3v) is 4.40. The van der Waals surface area contributed by atoms with Crippen LogP contribution in [-0.4, -0.2) is 27.7 Å². The van der Waals surface area contributed by atoms with E-state index in [1.54, 1.807) is 6.07 Å². The number of carbonyl (C=O) groups excluding carboxylic acids is 1. The highest BCUT2D eigenvalue weighted by atomic mass is 16.5. The second-order valence-electron chi connectivity index (χ2n) is 5.90. The zero-order valence-corrected chi connectivity index (χ0v) is 14.7. The minimum absolute atomic E-state index is 0.568. The normalized spacial score (nSPS) is 11.0. The van der Waals surface area contributed by atoms with Gasteiger partial charge in [0.1, 0.15) is 5.75 Å². The number of aryl methyl sites for hydroxylation is 4. The van der Waals surface area contributed by atoms with Gasteiger partial charge in [-0.15, -0.1) is 0 Å². The molecule has 0 atom stereocenters. The molecule has 5 heteroatoms. The van der Waals surface area contributed by atoms with Gasteiger partial charge in [0.2, 0.25) is 0 Å². The van der Waals surface area contributed by atoms with Crippen LogP contribution in [-0.2, 0) is 0 Å². The molecule has 0 unspecified atom stereocenters. The maximum absolute atomic E-state index is 11.6. The predicted octanol–water partition coefficient (Wildman–Crippen LogP) is 3.87. The van der Waals surface area contributed by atoms with E-state index in [4.69, 9.17) is 4.74 Å². The Morgan fingerprint density at radius 1 is 1.04 bits per heavy atom. The number of carbonyl (C=O) groups is 1. The standard InChI is InChI=1S/C19H21N3O2/c1-6-24-16-7-8-17(15(9-16)10-23)22-13(4)18-11(2)20-21-12(3)19(18)14(22)5/h7-10H,6H2,1-5H3. The van der Waals surface area contributed by atoms with Crippen molar-refractivity contribution in [1.29, 1.82) is 0 Å². The van der Waals surface area contributed by atoms with E-state index >= 15 is 0 Å². The van der Waals surface area contributed by atoms with Crippen LogP contribution >= 0.6 is 0 Å². The van der Waals surface area contributed by atoms with Crippen molar-refractivity contribution in [2.75, 3.05) is 6.61 Å². The quantitative estimate of drug-likeness (QED) is 0.684. The van der Waals surface area contributed by atoms with Crippen LogP contribution in [0.15, 0.2) is 18.2 Å². The summed E-state index contributed by atoms with van der Waals surface area (Å²) in [6.07, 6.45) is 0.873. The van der Waals surface area contributed by atoms with E-state index in [0.717, 1.165) is 45.5 Å². The van der Waals surface area contributed by atoms with Gasteiger partial charge in [0.15, 0.2) is 6.29 Å². The highest BCUT2D eigenvalue weighted by molar-refractivity contribution is 5.93. The van der Waals surface area contributed by atoms with Crippen molar-refractivity contribution in [3.05, 3.63) is 46.5 Å². The summed E-state index contributed by atoms with van der Waals surface area (Å²) in [4.78, 5) is 11.6. The van der Waals surface area contributed by atoms with Gasteiger partial charge in [0.05, 0.1) is 23.7 Å². The van der Waals surface area contributed by atoms with Gasteiger partial charge in [0, 0.05) is 27.7 Å². The molecule has 0 aliphatic rings. The molecular formula is C19H21N3O2. The fourth-order valence-corrected chi connectivity index (χ4v) is 3.42. The number of benzene rings is 1. The van der Waals surface area contributed by atoms with Gasteiger partial charge in [-0.1, -0.05) is 0 Å². The van der Waals surface area contributed by atoms with Gasteiger partial charge in [-0.3, -0.25) is 4.79 Å². The average molecular weight is 323 g/mol. The minimum atomic E-state index is 0.568. The van der Waals surface area contributed by atoms with Crippen LogP contribution in [0.2, 0.25) is 0 Å². The number of aldehydes is 1. The Kier molecular flexibility index (Phi) is 4.09. The second kappa shape index (κ2) is 6.07. The molecule has 5 nitrogen and oxygen atoms in total. The molecule has 2 aromatic heterocycles. The summed E-state index contributed by atoms with van der Waals surface area (Å²) >= 11 is 0. The van der Waals surface area contributed by atoms with Gasteiger partial charge in [-0.05, 0) is 52.8 Å². The lowest BCUT2D eigenvalue weighted by Crippen LogP contribution is -2.04. The first-order valence-corrected chi connectivity index (χ1v) is 8.03. The topological polar surface area (TPSA) is 57.0 Å². The largest absolute Gasteiger partial charge is 0.494 e. The van der Waals surface area contributed by atoms with Crippen molar-refractivity contribution in [2.24, 2.45) is 0 Å². The van der Waals surface area contributed by atoms with Gasteiger partial charge in [0.25, 0.3) is 0 Å². The summed E-state index contributed by atoms with van der Waals surface area (Å²) in [5, 5.41) is 10.7. The van der Waals surface area contributed by atoms with E-state index in [2.05, 4.69) is 28.6 Å². The van der Waals surface area contributed by atoms with E-state index in [9.17, 15) is 4.79 Å². The zero-order chi connectivity index (χ0) is 17.4. The highest BCUT2D eigenvalue weighted by Gasteiger charge is 2.19. The molecule has 0 saturated heterocycles. The van der Waals surface area contributed by atoms with Crippen LogP contribution in [0, 0.1) is 27.7 Å². The summed E-state index contributed by atoms with van der Waals surface area (Å²) in [7, 11) is 0. The van der Waals surface area contributed by atoms with Crippen LogP contribution in [0.1, 0.15) is 40.1 Å². The molecule has 0 fully saturated rings. The molecule has 0 aliphatic carbocycles. The molecule has 0 spiro atoms. The average Bonchev–Trinajstić information content (AvgIpc) is 2.83. The molecule has 0 N–H and O–H groups in total. The molecule has 0 bridgehead atoms. The SMILES string of the molecule is CCOc1ccc(-n2c(C)c3c(C)nnc(C)c3c2C)c(C=O)c1. The maximum atomic E-state index is 11.6. The van der Waals surface area contributed by atoms with E-state index < -0.39 is 0 Å². The number of aromatic nitrogens is 3. The zero-order valence-electron chi connectivity index (χ0n) is 14.7. The van der Waals surface area contributed by atoms with Crippen LogP contribution in [0.5, 0.6) is 5.75 Å². The van der Waals surface area contributed by atoms with Gasteiger partial charge in [-0.2, -0.15) is 10.2 Å². The Bertz CT molecular complexity index is 897. The minimum Gasteiger partial charge on any atom is -0.494 e. The molecule has 0 aliphatic heterocycles. The Labute approximate surface area is 141 Å². The number of rotatable bonds is 4. The third kappa shape index (κ3) is 2.37. The third-order valence-electron chi connectivity index (χ3n) is 4.40. The van der Waals surface area contributed by atoms with Crippen molar-refractivity contribution >= 4 is 17.1 Å². The lowest BCUT2D eigenvalue weighted by Gasteiger charge is -2.13. The van der Waals surface area contributed by atoms with Crippen molar-refractivity contribution in [3.8, 4) is 11.4 Å². The van der Waals surface area contributed by atoms with E-state index in [-0.39, 0.29) is 0 Å². The van der Waals surface area contributed by atoms with Crippen LogP contribution in [0.3, 0.4) is 0 Å². The molecule has 24 heavy (non-hydrogen) atoms. The fraction of sp³-hybridized carbons (Fsp3) is 0.316. The first-order valence-electron chi connectivity index (χ1n) is 8.03. The first-order chi connectivity index (χ1) is 11.5. The monoisotopic (exact) mass is 323 g/mol. The van der Waals surface area contributed by atoms with E-state index in [1.165, 1.54) is 0 Å². The Morgan fingerprint density at radius 2 is 1.62 bits per heavy atom. The Morgan fingerprint density at radius 3 is 2.12 bits per heavy atom. The van der Waals surface area contributed by atoms with Crippen LogP contribution in [0.25, 0.3) is 16.5 Å². The maximum Gasteiger partial charge on any atom is 0.152 e. The smallest absolute Gasteiger partial charge is 0.152 e. The van der Waals surface area contributed by atoms with E-state index in [1.807, 2.05) is 32.9 Å². The van der Waals surface area contributed by atoms with E-state index in [0.29, 0.717) is 17.9 Å². The molecule has 3 rings (SSSR count). The van der Waals surface area contributed by atoms with Crippen molar-refractivity contribution in [1.82, 2.24) is 14.8 Å². The summed E-state index contributed by atoms with van der Waals surface area (Å²) in [5.41, 5.74) is 5.36. The van der Waals surface area contributed by atoms with Crippen molar-refractivity contribution < 1.29 is 9.53 Å². The van der Waals surface area contributed by atoms with Crippen molar-refractivity contribution in [3.63, 3.8) is 0 Å². The van der Waals surface area contributed by atoms with Crippen molar-refractivity contribution in [2.45, 2.75) is 34.6 Å². The lowest BCUT2D eigenvalue weighted by molar-refractivity contribution is 0.112. The summed E-state index contributed by atoms with van der Waals surface area (Å²) in [6.45, 7) is 10.5. The first kappa shape index (κ1) is 16.2. The molecule has 1 aromatic carbocycles. The summed E-state index contributed by atoms with van der Waals surface area (Å²) in [6, 6.07) is 5.61. The molecule has 124 valence electrons.